The highest BCUT2D eigenvalue weighted by Crippen LogP contribution is 2.31. The molecule has 3 aromatic carbocycles. The third-order valence-corrected chi connectivity index (χ3v) is 6.96. The lowest BCUT2D eigenvalue weighted by molar-refractivity contribution is -0.118. The molecule has 0 spiro atoms. The van der Waals surface area contributed by atoms with E-state index in [2.05, 4.69) is 37.6 Å². The van der Waals surface area contributed by atoms with Crippen LogP contribution in [-0.4, -0.2) is 34.8 Å². The molecule has 0 fully saturated rings. The number of thioether (sulfide) groups is 1. The summed E-state index contributed by atoms with van der Waals surface area (Å²) in [4.78, 5) is 30.3. The third kappa shape index (κ3) is 5.08. The smallest absolute Gasteiger partial charge is 0.251 e. The van der Waals surface area contributed by atoms with Crippen LogP contribution < -0.4 is 10.6 Å². The Balaban J connectivity index is 1.53. The Bertz CT molecular complexity index is 1240. The molecule has 0 aliphatic heterocycles. The molecule has 2 N–H and O–H groups in total. The monoisotopic (exact) mass is 513 g/mol. The van der Waals surface area contributed by atoms with E-state index in [4.69, 9.17) is 0 Å². The van der Waals surface area contributed by atoms with Crippen molar-refractivity contribution in [2.75, 3.05) is 17.3 Å². The molecule has 0 saturated heterocycles. The van der Waals surface area contributed by atoms with E-state index in [1.807, 2.05) is 36.6 Å². The molecule has 4 aromatic rings. The first-order valence-corrected chi connectivity index (χ1v) is 12.7. The summed E-state index contributed by atoms with van der Waals surface area (Å²) >= 11 is 6.43. The minimum Gasteiger partial charge on any atom is -0.340 e. The number of aromatic nitrogens is 1. The molecule has 31 heavy (non-hydrogen) atoms. The van der Waals surface area contributed by atoms with Gasteiger partial charge in [-0.15, -0.1) is 0 Å². The highest BCUT2D eigenvalue weighted by Gasteiger charge is 2.22. The normalized spacial score (nSPS) is 12.1. The minimum atomic E-state index is -0.646. The topological polar surface area (TPSA) is 71.1 Å². The Morgan fingerprint density at radius 3 is 2.65 bits per heavy atom. The van der Waals surface area contributed by atoms with Crippen LogP contribution in [0.15, 0.2) is 65.1 Å². The number of anilines is 1. The molecule has 1 aromatic heterocycles. The van der Waals surface area contributed by atoms with Gasteiger partial charge in [-0.05, 0) is 54.1 Å². The molecular weight excluding hydrogens is 494 g/mol. The maximum absolute atomic E-state index is 13.0. The summed E-state index contributed by atoms with van der Waals surface area (Å²) in [6, 6.07) is 18.5. The molecule has 0 bridgehead atoms. The maximum Gasteiger partial charge on any atom is 0.251 e. The number of nitrogens with zero attached hydrogens (tertiary/aromatic N) is 1. The summed E-state index contributed by atoms with van der Waals surface area (Å²) in [6.45, 7) is 0. The van der Waals surface area contributed by atoms with E-state index in [0.717, 1.165) is 31.2 Å². The number of benzene rings is 3. The number of rotatable bonds is 7. The lowest BCUT2D eigenvalue weighted by Crippen LogP contribution is -2.44. The van der Waals surface area contributed by atoms with Crippen LogP contribution >= 0.6 is 39.0 Å². The van der Waals surface area contributed by atoms with E-state index in [1.54, 1.807) is 36.0 Å². The van der Waals surface area contributed by atoms with Crippen LogP contribution in [0.2, 0.25) is 0 Å². The Morgan fingerprint density at radius 2 is 1.87 bits per heavy atom. The van der Waals surface area contributed by atoms with E-state index < -0.39 is 6.04 Å². The zero-order valence-corrected chi connectivity index (χ0v) is 19.9. The molecule has 0 aliphatic rings. The molecule has 158 valence electrons. The number of thiazole rings is 1. The van der Waals surface area contributed by atoms with Gasteiger partial charge in [0.25, 0.3) is 5.91 Å². The van der Waals surface area contributed by atoms with Gasteiger partial charge in [-0.3, -0.25) is 9.59 Å². The van der Waals surface area contributed by atoms with Gasteiger partial charge in [0, 0.05) is 15.4 Å². The predicted molar refractivity (Wildman–Crippen MR) is 134 cm³/mol. The fourth-order valence-corrected chi connectivity index (χ4v) is 4.88. The fraction of sp³-hybridized carbons (Fsp3) is 0.174. The van der Waals surface area contributed by atoms with Gasteiger partial charge in [-0.2, -0.15) is 11.8 Å². The number of hydrogen-bond donors (Lipinski definition) is 2. The summed E-state index contributed by atoms with van der Waals surface area (Å²) in [5.41, 5.74) is 1.38. The van der Waals surface area contributed by atoms with Crippen molar-refractivity contribution in [3.8, 4) is 0 Å². The number of fused-ring (bicyclic) bond motifs is 3. The summed E-state index contributed by atoms with van der Waals surface area (Å²) in [5.74, 6) is 0.218. The average molecular weight is 514 g/mol. The van der Waals surface area contributed by atoms with Gasteiger partial charge < -0.3 is 10.6 Å². The molecule has 0 saturated carbocycles. The van der Waals surface area contributed by atoms with Crippen LogP contribution in [0.5, 0.6) is 0 Å². The van der Waals surface area contributed by atoms with Gasteiger partial charge in [-0.25, -0.2) is 4.98 Å². The second-order valence-corrected chi connectivity index (χ2v) is 9.89. The first kappa shape index (κ1) is 21.8. The molecule has 4 rings (SSSR count). The number of amides is 2. The number of carbonyl (C=O) groups excluding carboxylic acids is 2. The molecule has 1 heterocycles. The predicted octanol–water partition coefficient (Wildman–Crippen LogP) is 5.70. The number of carbonyl (C=O) groups is 2. The molecular formula is C23H20BrN3O2S2. The lowest BCUT2D eigenvalue weighted by atomic mass is 10.1. The Morgan fingerprint density at radius 1 is 1.10 bits per heavy atom. The van der Waals surface area contributed by atoms with Crippen molar-refractivity contribution in [2.45, 2.75) is 12.5 Å². The average Bonchev–Trinajstić information content (AvgIpc) is 3.19. The van der Waals surface area contributed by atoms with Gasteiger partial charge in [0.15, 0.2) is 5.13 Å². The van der Waals surface area contributed by atoms with Crippen molar-refractivity contribution in [3.05, 3.63) is 70.7 Å². The van der Waals surface area contributed by atoms with Gasteiger partial charge in [-0.1, -0.05) is 57.6 Å². The molecule has 5 nitrogen and oxygen atoms in total. The third-order valence-electron chi connectivity index (χ3n) is 4.85. The van der Waals surface area contributed by atoms with Crippen molar-refractivity contribution >= 4 is 77.0 Å². The largest absolute Gasteiger partial charge is 0.340 e. The van der Waals surface area contributed by atoms with E-state index in [1.165, 1.54) is 11.3 Å². The first-order chi connectivity index (χ1) is 15.0. The van der Waals surface area contributed by atoms with Crippen LogP contribution in [0.1, 0.15) is 16.8 Å². The fourth-order valence-electron chi connectivity index (χ4n) is 3.25. The standard InChI is InChI=1S/C23H20BrN3O2S2/c1-30-13-12-18(25-21(28)15-6-9-16(24)10-7-15)22(29)27-23-26-20-17-5-3-2-4-14(17)8-11-19(20)31-23/h2-11,18H,12-13H2,1H3,(H,25,28)(H,26,27,29)/t18-/m1/s1. The number of halogens is 1. The van der Waals surface area contributed by atoms with Gasteiger partial charge >= 0.3 is 0 Å². The SMILES string of the molecule is CSCC[C@@H](NC(=O)c1ccc(Br)cc1)C(=O)Nc1nc2c(ccc3ccccc32)s1. The van der Waals surface area contributed by atoms with Crippen molar-refractivity contribution in [1.82, 2.24) is 10.3 Å². The zero-order valence-electron chi connectivity index (χ0n) is 16.7. The number of hydrogen-bond acceptors (Lipinski definition) is 5. The second-order valence-electron chi connectivity index (χ2n) is 6.96. The molecule has 1 atom stereocenters. The second kappa shape index (κ2) is 9.80. The maximum atomic E-state index is 13.0. The van der Waals surface area contributed by atoms with Crippen LogP contribution in [0.25, 0.3) is 21.0 Å². The zero-order chi connectivity index (χ0) is 21.8. The van der Waals surface area contributed by atoms with E-state index in [0.29, 0.717) is 17.1 Å². The molecule has 8 heteroatoms. The van der Waals surface area contributed by atoms with Gasteiger partial charge in [0.1, 0.15) is 6.04 Å². The van der Waals surface area contributed by atoms with Crippen LogP contribution in [0.3, 0.4) is 0 Å². The number of nitrogens with one attached hydrogen (secondary N) is 2. The first-order valence-electron chi connectivity index (χ1n) is 9.69. The molecule has 0 unspecified atom stereocenters. The van der Waals surface area contributed by atoms with Crippen molar-refractivity contribution in [3.63, 3.8) is 0 Å². The highest BCUT2D eigenvalue weighted by molar-refractivity contribution is 9.10. The van der Waals surface area contributed by atoms with Crippen molar-refractivity contribution < 1.29 is 9.59 Å². The van der Waals surface area contributed by atoms with Gasteiger partial charge in [0.2, 0.25) is 5.91 Å². The Hall–Kier alpha value is -2.42. The van der Waals surface area contributed by atoms with Gasteiger partial charge in [0.05, 0.1) is 10.2 Å². The Kier molecular flexibility index (Phi) is 6.89. The van der Waals surface area contributed by atoms with Crippen molar-refractivity contribution in [2.24, 2.45) is 0 Å². The summed E-state index contributed by atoms with van der Waals surface area (Å²) in [6.07, 6.45) is 2.51. The quantitative estimate of drug-likeness (QED) is 0.332. The van der Waals surface area contributed by atoms with Crippen molar-refractivity contribution in [1.29, 1.82) is 0 Å². The lowest BCUT2D eigenvalue weighted by Gasteiger charge is -2.17. The molecule has 0 aliphatic carbocycles. The molecule has 2 amide bonds. The van der Waals surface area contributed by atoms with Crippen LogP contribution in [-0.2, 0) is 4.79 Å². The van der Waals surface area contributed by atoms with Crippen LogP contribution in [0, 0.1) is 0 Å². The molecule has 0 radical (unpaired) electrons. The highest BCUT2D eigenvalue weighted by atomic mass is 79.9. The van der Waals surface area contributed by atoms with E-state index >= 15 is 0 Å². The van der Waals surface area contributed by atoms with E-state index in [9.17, 15) is 9.59 Å². The summed E-state index contributed by atoms with van der Waals surface area (Å²) in [5, 5.41) is 8.47. The van der Waals surface area contributed by atoms with E-state index in [-0.39, 0.29) is 11.8 Å². The summed E-state index contributed by atoms with van der Waals surface area (Å²) in [7, 11) is 0. The summed E-state index contributed by atoms with van der Waals surface area (Å²) < 4.78 is 1.90. The Labute approximate surface area is 196 Å². The van der Waals surface area contributed by atoms with Crippen LogP contribution in [0.4, 0.5) is 5.13 Å². The minimum absolute atomic E-state index is 0.261.